The average molecular weight is 460 g/mol. The van der Waals surface area contributed by atoms with E-state index in [4.69, 9.17) is 0 Å². The van der Waals surface area contributed by atoms with Crippen molar-refractivity contribution >= 4 is 17.0 Å². The Kier molecular flexibility index (Phi) is 6.07. The van der Waals surface area contributed by atoms with Gasteiger partial charge in [-0.1, -0.05) is 12.1 Å². The van der Waals surface area contributed by atoms with Crippen molar-refractivity contribution in [3.63, 3.8) is 0 Å². The van der Waals surface area contributed by atoms with E-state index < -0.39 is 53.8 Å². The second kappa shape index (κ2) is 8.96. The van der Waals surface area contributed by atoms with E-state index in [1.54, 1.807) is 6.07 Å². The molecule has 0 aliphatic heterocycles. The molecular weight excluding hydrogens is 444 g/mol. The van der Waals surface area contributed by atoms with E-state index in [9.17, 15) is 32.6 Å². The Hall–Kier alpha value is -3.83. The zero-order valence-corrected chi connectivity index (χ0v) is 16.8. The van der Waals surface area contributed by atoms with Crippen molar-refractivity contribution in [1.29, 1.82) is 0 Å². The molecule has 0 saturated carbocycles. The highest BCUT2D eigenvalue weighted by Gasteiger charge is 2.22. The monoisotopic (exact) mass is 460 g/mol. The third-order valence-electron chi connectivity index (χ3n) is 4.86. The van der Waals surface area contributed by atoms with Gasteiger partial charge in [-0.15, -0.1) is 0 Å². The second-order valence-corrected chi connectivity index (χ2v) is 7.04. The molecule has 4 rings (SSSR count). The van der Waals surface area contributed by atoms with E-state index >= 15 is 0 Å². The summed E-state index contributed by atoms with van der Waals surface area (Å²) in [6, 6.07) is 7.75. The fourth-order valence-electron chi connectivity index (χ4n) is 3.33. The van der Waals surface area contributed by atoms with E-state index in [-0.39, 0.29) is 28.2 Å². The summed E-state index contributed by atoms with van der Waals surface area (Å²) in [5.41, 5.74) is -2.10. The molecule has 0 saturated heterocycles. The zero-order chi connectivity index (χ0) is 23.7. The van der Waals surface area contributed by atoms with Gasteiger partial charge in [0.25, 0.3) is 5.56 Å². The first kappa shape index (κ1) is 22.4. The minimum Gasteiger partial charge on any atom is -0.394 e. The van der Waals surface area contributed by atoms with Crippen LogP contribution in [0.3, 0.4) is 0 Å². The van der Waals surface area contributed by atoms with Crippen molar-refractivity contribution in [1.82, 2.24) is 14.5 Å². The first-order chi connectivity index (χ1) is 15.8. The third-order valence-corrected chi connectivity index (χ3v) is 4.86. The van der Waals surface area contributed by atoms with Crippen LogP contribution in [-0.4, -0.2) is 44.0 Å². The van der Waals surface area contributed by atoms with Gasteiger partial charge in [-0.2, -0.15) is 4.98 Å². The van der Waals surface area contributed by atoms with Crippen LogP contribution in [0.1, 0.15) is 0 Å². The van der Waals surface area contributed by atoms with Crippen LogP contribution in [-0.2, 0) is 0 Å². The van der Waals surface area contributed by atoms with E-state index in [2.05, 4.69) is 15.3 Å². The fraction of sp³-hybridized carbons (Fsp3) is 0.136. The first-order valence-corrected chi connectivity index (χ1v) is 9.66. The molecule has 33 heavy (non-hydrogen) atoms. The van der Waals surface area contributed by atoms with E-state index in [0.717, 1.165) is 6.07 Å². The van der Waals surface area contributed by atoms with Gasteiger partial charge in [0.05, 0.1) is 24.9 Å². The molecule has 2 aromatic carbocycles. The van der Waals surface area contributed by atoms with E-state index in [1.165, 1.54) is 24.3 Å². The maximum absolute atomic E-state index is 14.6. The number of rotatable bonds is 6. The third kappa shape index (κ3) is 4.15. The number of nitrogens with zero attached hydrogens (tertiary/aromatic N) is 3. The van der Waals surface area contributed by atoms with Crippen LogP contribution in [0.5, 0.6) is 0 Å². The van der Waals surface area contributed by atoms with Crippen molar-refractivity contribution in [2.45, 2.75) is 6.04 Å². The summed E-state index contributed by atoms with van der Waals surface area (Å²) in [6.45, 7) is -1.04. The highest BCUT2D eigenvalue weighted by molar-refractivity contribution is 5.92. The highest BCUT2D eigenvalue weighted by atomic mass is 19.1. The Morgan fingerprint density at radius 1 is 0.909 bits per heavy atom. The number of aliphatic hydroxyl groups is 2. The molecule has 11 heteroatoms. The molecule has 0 bridgehead atoms. The molecule has 0 aliphatic carbocycles. The number of hydrogen-bond acceptors (Lipinski definition) is 6. The van der Waals surface area contributed by atoms with Crippen LogP contribution in [0, 0.1) is 23.3 Å². The topological polar surface area (TPSA) is 100 Å². The van der Waals surface area contributed by atoms with Crippen molar-refractivity contribution < 1.29 is 27.8 Å². The average Bonchev–Trinajstić information content (AvgIpc) is 2.78. The summed E-state index contributed by atoms with van der Waals surface area (Å²) in [7, 11) is 0. The molecule has 2 aromatic heterocycles. The summed E-state index contributed by atoms with van der Waals surface area (Å²) in [6.07, 6.45) is 0. The predicted octanol–water partition coefficient (Wildman–Crippen LogP) is 2.77. The predicted molar refractivity (Wildman–Crippen MR) is 112 cm³/mol. The van der Waals surface area contributed by atoms with Crippen LogP contribution in [0.4, 0.5) is 23.5 Å². The van der Waals surface area contributed by atoms with Crippen LogP contribution in [0.15, 0.2) is 53.3 Å². The van der Waals surface area contributed by atoms with Crippen LogP contribution < -0.4 is 10.9 Å². The second-order valence-electron chi connectivity index (χ2n) is 7.04. The minimum atomic E-state index is -1.36. The molecule has 0 aliphatic rings. The van der Waals surface area contributed by atoms with Gasteiger partial charge in [0.1, 0.15) is 17.3 Å². The molecule has 4 aromatic rings. The lowest BCUT2D eigenvalue weighted by Gasteiger charge is -2.17. The standard InChI is InChI=1S/C22H16F4N4O3/c23-11-7-16(25)20(17(26)8-11)30-18(33)6-5-14-19(13-3-1-2-4-15(13)24)28-22(29-21(14)30)27-12(9-31)10-32/h1-8,12,31-32H,9-10H2,(H,27,28,29). The van der Waals surface area contributed by atoms with Gasteiger partial charge in [0, 0.05) is 29.1 Å². The molecular formula is C22H16F4N4O3. The van der Waals surface area contributed by atoms with Crippen LogP contribution in [0.25, 0.3) is 28.0 Å². The smallest absolute Gasteiger partial charge is 0.256 e. The summed E-state index contributed by atoms with van der Waals surface area (Å²) in [5.74, 6) is -4.81. The van der Waals surface area contributed by atoms with Gasteiger partial charge in [0.15, 0.2) is 17.3 Å². The number of hydrogen-bond donors (Lipinski definition) is 3. The van der Waals surface area contributed by atoms with Gasteiger partial charge in [0.2, 0.25) is 5.95 Å². The Morgan fingerprint density at radius 3 is 2.21 bits per heavy atom. The number of anilines is 1. The number of pyridine rings is 1. The lowest BCUT2D eigenvalue weighted by Crippen LogP contribution is -2.29. The summed E-state index contributed by atoms with van der Waals surface area (Å²) in [5, 5.41) is 21.5. The number of halogens is 4. The molecule has 0 radical (unpaired) electrons. The molecule has 2 heterocycles. The molecule has 7 nitrogen and oxygen atoms in total. The molecule has 0 spiro atoms. The lowest BCUT2D eigenvalue weighted by molar-refractivity contribution is 0.203. The van der Waals surface area contributed by atoms with Gasteiger partial charge >= 0.3 is 0 Å². The molecule has 0 atom stereocenters. The van der Waals surface area contributed by atoms with Gasteiger partial charge in [-0.25, -0.2) is 22.5 Å². The van der Waals surface area contributed by atoms with Crippen molar-refractivity contribution in [3.8, 4) is 16.9 Å². The van der Waals surface area contributed by atoms with Gasteiger partial charge in [-0.05, 0) is 18.2 Å². The van der Waals surface area contributed by atoms with Gasteiger partial charge in [-0.3, -0.25) is 9.36 Å². The van der Waals surface area contributed by atoms with Crippen LogP contribution in [0.2, 0.25) is 0 Å². The molecule has 0 unspecified atom stereocenters. The summed E-state index contributed by atoms with van der Waals surface area (Å²) >= 11 is 0. The molecule has 0 fully saturated rings. The summed E-state index contributed by atoms with van der Waals surface area (Å²) in [4.78, 5) is 21.1. The van der Waals surface area contributed by atoms with Crippen LogP contribution >= 0.6 is 0 Å². The van der Waals surface area contributed by atoms with Gasteiger partial charge < -0.3 is 15.5 Å². The number of aliphatic hydroxyl groups excluding tert-OH is 2. The SMILES string of the molecule is O=c1ccc2c(-c3ccccc3F)nc(NC(CO)CO)nc2n1-c1c(F)cc(F)cc1F. The number of benzene rings is 2. The lowest BCUT2D eigenvalue weighted by atomic mass is 10.1. The quantitative estimate of drug-likeness (QED) is 0.383. The number of aromatic nitrogens is 3. The Morgan fingerprint density at radius 2 is 1.58 bits per heavy atom. The maximum Gasteiger partial charge on any atom is 0.256 e. The molecule has 3 N–H and O–H groups in total. The van der Waals surface area contributed by atoms with Crippen molar-refractivity contribution in [2.24, 2.45) is 0 Å². The van der Waals surface area contributed by atoms with E-state index in [1.807, 2.05) is 0 Å². The number of nitrogens with one attached hydrogen (secondary N) is 1. The van der Waals surface area contributed by atoms with Crippen molar-refractivity contribution in [3.05, 3.63) is 82.2 Å². The fourth-order valence-corrected chi connectivity index (χ4v) is 3.33. The first-order valence-electron chi connectivity index (χ1n) is 9.66. The van der Waals surface area contributed by atoms with E-state index in [0.29, 0.717) is 16.7 Å². The number of fused-ring (bicyclic) bond motifs is 1. The maximum atomic E-state index is 14.6. The largest absolute Gasteiger partial charge is 0.394 e. The minimum absolute atomic E-state index is 0.00254. The zero-order valence-electron chi connectivity index (χ0n) is 16.8. The molecule has 0 amide bonds. The highest BCUT2D eigenvalue weighted by Crippen LogP contribution is 2.30. The Bertz CT molecular complexity index is 1380. The molecule has 170 valence electrons. The normalized spacial score (nSPS) is 11.4. The Labute approximate surface area is 183 Å². The Balaban J connectivity index is 2.11. The van der Waals surface area contributed by atoms with Crippen molar-refractivity contribution in [2.75, 3.05) is 18.5 Å². The summed E-state index contributed by atoms with van der Waals surface area (Å²) < 4.78 is 57.8.